The highest BCUT2D eigenvalue weighted by atomic mass is 79.9. The third kappa shape index (κ3) is 7.68. The molecule has 1 atom stereocenters. The number of nitrogens with zero attached hydrogens (tertiary/aromatic N) is 2. The van der Waals surface area contributed by atoms with Gasteiger partial charge in [-0.15, -0.1) is 0 Å². The highest BCUT2D eigenvalue weighted by molar-refractivity contribution is 9.11. The van der Waals surface area contributed by atoms with Crippen LogP contribution in [0.5, 0.6) is 0 Å². The predicted octanol–water partition coefficient (Wildman–Crippen LogP) is 7.58. The minimum absolute atomic E-state index is 0.590. The van der Waals surface area contributed by atoms with Crippen molar-refractivity contribution >= 4 is 47.8 Å². The summed E-state index contributed by atoms with van der Waals surface area (Å²) < 4.78 is 3.04. The van der Waals surface area contributed by atoms with E-state index >= 15 is 0 Å². The third-order valence-electron chi connectivity index (χ3n) is 3.82. The largest absolute Gasteiger partial charge is 0.263 e. The van der Waals surface area contributed by atoms with Gasteiger partial charge in [-0.1, -0.05) is 43.7 Å². The zero-order valence-electron chi connectivity index (χ0n) is 14.6. The summed E-state index contributed by atoms with van der Waals surface area (Å²) in [5, 5.41) is 0. The Morgan fingerprint density at radius 2 is 1.38 bits per heavy atom. The maximum Gasteiger partial charge on any atom is 0.0411 e. The Hall–Kier alpha value is -1.04. The molecule has 0 saturated carbocycles. The van der Waals surface area contributed by atoms with Gasteiger partial charge < -0.3 is 0 Å². The first-order chi connectivity index (χ1) is 12.6. The molecule has 2 nitrogen and oxygen atoms in total. The van der Waals surface area contributed by atoms with Crippen molar-refractivity contribution in [3.05, 3.63) is 91.8 Å². The van der Waals surface area contributed by atoms with E-state index in [0.29, 0.717) is 5.92 Å². The molecule has 0 spiro atoms. The standard InChI is InChI=1S/C16H18BrN.C5H3Br2N/c1-2-6-15(14-7-4-3-5-8-14)9-13-10-16(17)12-18-11-13;6-4-1-5(7)3-8-2-4/h3-5,7-8,10-12,15H,2,6,9H2,1H3;1-3H. The van der Waals surface area contributed by atoms with Gasteiger partial charge in [0.25, 0.3) is 0 Å². The summed E-state index contributed by atoms with van der Waals surface area (Å²) in [6.07, 6.45) is 10.8. The number of halogens is 3. The Morgan fingerprint density at radius 1 is 0.808 bits per heavy atom. The molecule has 1 aromatic carbocycles. The fraction of sp³-hybridized carbons (Fsp3) is 0.238. The molecule has 0 N–H and O–H groups in total. The van der Waals surface area contributed by atoms with Gasteiger partial charge in [-0.3, -0.25) is 9.97 Å². The van der Waals surface area contributed by atoms with Gasteiger partial charge in [-0.25, -0.2) is 0 Å². The quantitative estimate of drug-likeness (QED) is 0.333. The second-order valence-electron chi connectivity index (χ2n) is 5.93. The molecule has 3 aromatic rings. The van der Waals surface area contributed by atoms with Crippen LogP contribution >= 0.6 is 47.8 Å². The van der Waals surface area contributed by atoms with Crippen LogP contribution in [0, 0.1) is 0 Å². The van der Waals surface area contributed by atoms with Crippen LogP contribution in [-0.4, -0.2) is 9.97 Å². The topological polar surface area (TPSA) is 25.8 Å². The van der Waals surface area contributed by atoms with Crippen LogP contribution < -0.4 is 0 Å². The lowest BCUT2D eigenvalue weighted by molar-refractivity contribution is 0.609. The second kappa shape index (κ2) is 11.6. The lowest BCUT2D eigenvalue weighted by Crippen LogP contribution is -2.03. The molecule has 0 saturated heterocycles. The Labute approximate surface area is 180 Å². The van der Waals surface area contributed by atoms with Gasteiger partial charge in [0.15, 0.2) is 0 Å². The second-order valence-corrected chi connectivity index (χ2v) is 8.68. The van der Waals surface area contributed by atoms with E-state index in [0.717, 1.165) is 19.8 Å². The zero-order valence-corrected chi connectivity index (χ0v) is 19.3. The Bertz CT molecular complexity index is 777. The van der Waals surface area contributed by atoms with Crippen molar-refractivity contribution in [2.75, 3.05) is 0 Å². The van der Waals surface area contributed by atoms with E-state index in [1.807, 2.05) is 18.5 Å². The number of hydrogen-bond acceptors (Lipinski definition) is 2. The van der Waals surface area contributed by atoms with Gasteiger partial charge in [-0.2, -0.15) is 0 Å². The minimum Gasteiger partial charge on any atom is -0.263 e. The summed E-state index contributed by atoms with van der Waals surface area (Å²) in [4.78, 5) is 8.13. The predicted molar refractivity (Wildman–Crippen MR) is 119 cm³/mol. The van der Waals surface area contributed by atoms with Gasteiger partial charge in [0.1, 0.15) is 0 Å². The Morgan fingerprint density at radius 3 is 1.88 bits per heavy atom. The fourth-order valence-corrected chi connectivity index (χ4v) is 4.15. The molecule has 1 unspecified atom stereocenters. The normalized spacial score (nSPS) is 11.4. The van der Waals surface area contributed by atoms with Crippen LogP contribution in [0.4, 0.5) is 0 Å². The van der Waals surface area contributed by atoms with Gasteiger partial charge in [0, 0.05) is 38.2 Å². The van der Waals surface area contributed by atoms with Crippen LogP contribution in [0.1, 0.15) is 36.8 Å². The van der Waals surface area contributed by atoms with E-state index in [2.05, 4.69) is 101 Å². The molecule has 5 heteroatoms. The molecular weight excluding hydrogens is 520 g/mol. The van der Waals surface area contributed by atoms with Crippen molar-refractivity contribution in [2.45, 2.75) is 32.1 Å². The fourth-order valence-electron chi connectivity index (χ4n) is 2.70. The van der Waals surface area contributed by atoms with E-state index in [-0.39, 0.29) is 0 Å². The number of aromatic nitrogens is 2. The Balaban J connectivity index is 0.000000254. The smallest absolute Gasteiger partial charge is 0.0411 e. The van der Waals surface area contributed by atoms with E-state index in [4.69, 9.17) is 0 Å². The average Bonchev–Trinajstić information content (AvgIpc) is 2.62. The van der Waals surface area contributed by atoms with Gasteiger partial charge in [0.2, 0.25) is 0 Å². The molecule has 0 fully saturated rings. The summed E-state index contributed by atoms with van der Waals surface area (Å²) in [5.41, 5.74) is 2.73. The number of hydrogen-bond donors (Lipinski definition) is 0. The van der Waals surface area contributed by atoms with Crippen molar-refractivity contribution in [1.82, 2.24) is 9.97 Å². The van der Waals surface area contributed by atoms with Crippen LogP contribution in [0.3, 0.4) is 0 Å². The van der Waals surface area contributed by atoms with Crippen LogP contribution in [0.15, 0.2) is 80.7 Å². The van der Waals surface area contributed by atoms with Crippen molar-refractivity contribution in [3.8, 4) is 0 Å². The van der Waals surface area contributed by atoms with Crippen LogP contribution in [-0.2, 0) is 6.42 Å². The highest BCUT2D eigenvalue weighted by Crippen LogP contribution is 2.26. The number of rotatable bonds is 5. The maximum atomic E-state index is 4.24. The molecule has 26 heavy (non-hydrogen) atoms. The van der Waals surface area contributed by atoms with Crippen molar-refractivity contribution in [1.29, 1.82) is 0 Å². The first kappa shape index (κ1) is 21.3. The molecule has 0 aliphatic heterocycles. The SMILES string of the molecule is Brc1cncc(Br)c1.CCCC(Cc1cncc(Br)c1)c1ccccc1. The van der Waals surface area contributed by atoms with Crippen molar-refractivity contribution in [2.24, 2.45) is 0 Å². The molecule has 0 bridgehead atoms. The summed E-state index contributed by atoms with van der Waals surface area (Å²) in [6, 6.07) is 14.9. The highest BCUT2D eigenvalue weighted by Gasteiger charge is 2.11. The molecule has 0 radical (unpaired) electrons. The third-order valence-corrected chi connectivity index (χ3v) is 5.12. The average molecular weight is 541 g/mol. The molecular formula is C21H21Br3N2. The lowest BCUT2D eigenvalue weighted by atomic mass is 9.89. The van der Waals surface area contributed by atoms with Crippen LogP contribution in [0.25, 0.3) is 0 Å². The lowest BCUT2D eigenvalue weighted by Gasteiger charge is -2.16. The van der Waals surface area contributed by atoms with E-state index < -0.39 is 0 Å². The molecule has 2 heterocycles. The van der Waals surface area contributed by atoms with E-state index in [1.165, 1.54) is 24.0 Å². The first-order valence-corrected chi connectivity index (χ1v) is 10.9. The Kier molecular flexibility index (Phi) is 9.51. The molecule has 0 amide bonds. The summed E-state index contributed by atoms with van der Waals surface area (Å²) in [7, 11) is 0. The summed E-state index contributed by atoms with van der Waals surface area (Å²) in [5.74, 6) is 0.590. The summed E-state index contributed by atoms with van der Waals surface area (Å²) >= 11 is 10.0. The van der Waals surface area contributed by atoms with Gasteiger partial charge >= 0.3 is 0 Å². The molecule has 0 aliphatic rings. The van der Waals surface area contributed by atoms with Gasteiger partial charge in [0.05, 0.1) is 0 Å². The first-order valence-electron chi connectivity index (χ1n) is 8.49. The molecule has 2 aromatic heterocycles. The minimum atomic E-state index is 0.590. The molecule has 3 rings (SSSR count). The number of pyridine rings is 2. The van der Waals surface area contributed by atoms with Crippen molar-refractivity contribution in [3.63, 3.8) is 0 Å². The molecule has 0 aliphatic carbocycles. The van der Waals surface area contributed by atoms with Crippen LogP contribution in [0.2, 0.25) is 0 Å². The molecule has 136 valence electrons. The maximum absolute atomic E-state index is 4.24. The van der Waals surface area contributed by atoms with E-state index in [1.54, 1.807) is 12.4 Å². The zero-order chi connectivity index (χ0) is 18.8. The van der Waals surface area contributed by atoms with Crippen molar-refractivity contribution < 1.29 is 0 Å². The number of benzene rings is 1. The van der Waals surface area contributed by atoms with Gasteiger partial charge in [-0.05, 0) is 89.8 Å². The summed E-state index contributed by atoms with van der Waals surface area (Å²) in [6.45, 7) is 2.25. The monoisotopic (exact) mass is 538 g/mol. The van der Waals surface area contributed by atoms with E-state index in [9.17, 15) is 0 Å².